The van der Waals surface area contributed by atoms with Crippen LogP contribution in [0.1, 0.15) is 25.2 Å². The first-order valence-electron chi connectivity index (χ1n) is 13.1. The second kappa shape index (κ2) is 12.4. The van der Waals surface area contributed by atoms with E-state index in [-0.39, 0.29) is 16.9 Å². The second-order valence-electron chi connectivity index (χ2n) is 10.6. The van der Waals surface area contributed by atoms with Crippen LogP contribution >= 0.6 is 0 Å². The SMILES string of the molecule is CC(C)(c1cc(NC(=O)Cc2ccc(-c3ccc(NCC[N+]4(OS(C)(=O)=O)CCOCC4)nc3)cc2)no1)C(F)(F)F. The number of carbonyl (C=O) groups excluding carboxylic acids is 1. The number of rotatable bonds is 11. The summed E-state index contributed by atoms with van der Waals surface area (Å²) in [5.41, 5.74) is 0.159. The molecule has 0 unspecified atom stereocenters. The number of ether oxygens (including phenoxy) is 1. The lowest BCUT2D eigenvalue weighted by Crippen LogP contribution is -2.57. The molecule has 42 heavy (non-hydrogen) atoms. The van der Waals surface area contributed by atoms with Crippen molar-refractivity contribution in [2.75, 3.05) is 56.3 Å². The van der Waals surface area contributed by atoms with Crippen LogP contribution in [-0.4, -0.2) is 80.9 Å². The Labute approximate surface area is 241 Å². The highest BCUT2D eigenvalue weighted by atomic mass is 32.2. The van der Waals surface area contributed by atoms with Crippen LogP contribution in [0, 0.1) is 0 Å². The summed E-state index contributed by atoms with van der Waals surface area (Å²) < 4.78 is 78.7. The summed E-state index contributed by atoms with van der Waals surface area (Å²) in [4.78, 5) is 16.9. The fraction of sp³-hybridized carbons (Fsp3) is 0.444. The number of amides is 1. The lowest BCUT2D eigenvalue weighted by Gasteiger charge is -2.36. The van der Waals surface area contributed by atoms with E-state index in [9.17, 15) is 26.4 Å². The van der Waals surface area contributed by atoms with Crippen molar-refractivity contribution in [3.05, 3.63) is 60.0 Å². The number of aromatic nitrogens is 2. The van der Waals surface area contributed by atoms with Crippen LogP contribution < -0.4 is 10.6 Å². The standard InChI is InChI=1S/C27H32F3N5O6S/c1-26(2,27(28,29)30)22-17-24(34-40-22)33-25(36)16-19-4-6-20(7-5-19)21-8-9-23(32-18-21)31-10-11-35(41-42(3,37)38)12-14-39-15-13-35/h4-9,17-18H,10-16H2,1-3H3,(H-,31,32,33,34,36)/p+1. The number of benzene rings is 1. The molecule has 0 radical (unpaired) electrons. The van der Waals surface area contributed by atoms with E-state index in [1.54, 1.807) is 18.3 Å². The molecule has 1 amide bonds. The van der Waals surface area contributed by atoms with Crippen LogP contribution in [0.2, 0.25) is 0 Å². The average molecular weight is 613 g/mol. The van der Waals surface area contributed by atoms with Crippen molar-refractivity contribution < 1.29 is 44.6 Å². The fourth-order valence-electron chi connectivity index (χ4n) is 4.31. The minimum atomic E-state index is -4.54. The Balaban J connectivity index is 1.29. The van der Waals surface area contributed by atoms with E-state index >= 15 is 0 Å². The Kier molecular flexibility index (Phi) is 9.25. The molecule has 0 atom stereocenters. The van der Waals surface area contributed by atoms with Crippen molar-refractivity contribution in [3.63, 3.8) is 0 Å². The van der Waals surface area contributed by atoms with Gasteiger partial charge in [0.05, 0.1) is 32.4 Å². The quantitative estimate of drug-likeness (QED) is 0.309. The monoisotopic (exact) mass is 612 g/mol. The molecule has 1 aliphatic rings. The van der Waals surface area contributed by atoms with Gasteiger partial charge in [-0.05, 0) is 37.1 Å². The average Bonchev–Trinajstić information content (AvgIpc) is 3.37. The van der Waals surface area contributed by atoms with E-state index in [2.05, 4.69) is 20.8 Å². The normalized spacial score (nSPS) is 15.8. The number of nitrogens with one attached hydrogen (secondary N) is 2. The number of halogens is 3. The molecule has 3 heterocycles. The minimum Gasteiger partial charge on any atom is -0.370 e. The first kappa shape index (κ1) is 31.4. The third-order valence-corrected chi connectivity index (χ3v) is 7.51. The molecule has 1 saturated heterocycles. The van der Waals surface area contributed by atoms with E-state index in [4.69, 9.17) is 13.5 Å². The molecule has 0 spiro atoms. The van der Waals surface area contributed by atoms with E-state index in [0.29, 0.717) is 50.8 Å². The van der Waals surface area contributed by atoms with Crippen LogP contribution in [-0.2, 0) is 35.8 Å². The van der Waals surface area contributed by atoms with Crippen molar-refractivity contribution in [2.24, 2.45) is 0 Å². The van der Waals surface area contributed by atoms with Gasteiger partial charge in [0.1, 0.15) is 30.9 Å². The van der Waals surface area contributed by atoms with Gasteiger partial charge in [-0.3, -0.25) is 4.79 Å². The molecule has 0 saturated carbocycles. The Hall–Kier alpha value is -3.53. The molecule has 3 aromatic rings. The number of quaternary nitrogens is 1. The number of carbonyl (C=O) groups is 1. The molecule has 2 aromatic heterocycles. The highest BCUT2D eigenvalue weighted by Crippen LogP contribution is 2.41. The van der Waals surface area contributed by atoms with Gasteiger partial charge in [-0.1, -0.05) is 33.7 Å². The first-order valence-corrected chi connectivity index (χ1v) is 15.0. The second-order valence-corrected chi connectivity index (χ2v) is 12.2. The summed E-state index contributed by atoms with van der Waals surface area (Å²) in [6, 6.07) is 12.0. The van der Waals surface area contributed by atoms with Gasteiger partial charge in [0, 0.05) is 17.8 Å². The van der Waals surface area contributed by atoms with E-state index in [1.165, 1.54) is 0 Å². The third kappa shape index (κ3) is 8.06. The van der Waals surface area contributed by atoms with Crippen LogP contribution in [0.15, 0.2) is 53.2 Å². The summed E-state index contributed by atoms with van der Waals surface area (Å²) in [6.07, 6.45) is -1.81. The van der Waals surface area contributed by atoms with Crippen LogP contribution in [0.4, 0.5) is 24.8 Å². The topological polar surface area (TPSA) is 133 Å². The lowest BCUT2D eigenvalue weighted by molar-refractivity contribution is -1.08. The van der Waals surface area contributed by atoms with Gasteiger partial charge in [-0.2, -0.15) is 26.2 Å². The van der Waals surface area contributed by atoms with Gasteiger partial charge in [0.2, 0.25) is 5.91 Å². The molecule has 1 aliphatic heterocycles. The molecule has 2 N–H and O–H groups in total. The number of anilines is 2. The number of hydroxylamine groups is 3. The molecule has 228 valence electrons. The first-order chi connectivity index (χ1) is 19.7. The van der Waals surface area contributed by atoms with Crippen molar-refractivity contribution in [1.29, 1.82) is 0 Å². The summed E-state index contributed by atoms with van der Waals surface area (Å²) >= 11 is 0. The smallest absolute Gasteiger partial charge is 0.370 e. The minimum absolute atomic E-state index is 0.0125. The van der Waals surface area contributed by atoms with E-state index in [0.717, 1.165) is 37.3 Å². The van der Waals surface area contributed by atoms with Gasteiger partial charge >= 0.3 is 16.3 Å². The third-order valence-electron chi connectivity index (χ3n) is 6.92. The van der Waals surface area contributed by atoms with Crippen LogP contribution in [0.25, 0.3) is 11.1 Å². The van der Waals surface area contributed by atoms with E-state index < -0.39 is 33.4 Å². The maximum Gasteiger partial charge on any atom is 0.401 e. The summed E-state index contributed by atoms with van der Waals surface area (Å²) in [5.74, 6) is -0.318. The molecule has 1 aromatic carbocycles. The maximum atomic E-state index is 13.2. The lowest BCUT2D eigenvalue weighted by atomic mass is 9.89. The highest BCUT2D eigenvalue weighted by molar-refractivity contribution is 7.85. The number of hydrogen-bond acceptors (Lipinski definition) is 9. The molecule has 1 fully saturated rings. The van der Waals surface area contributed by atoms with Crippen molar-refractivity contribution in [1.82, 2.24) is 10.1 Å². The predicted molar refractivity (Wildman–Crippen MR) is 148 cm³/mol. The van der Waals surface area contributed by atoms with Crippen molar-refractivity contribution >= 4 is 27.7 Å². The zero-order valence-electron chi connectivity index (χ0n) is 23.4. The molecule has 4 rings (SSSR count). The molecular weight excluding hydrogens is 579 g/mol. The Bertz CT molecular complexity index is 1470. The summed E-state index contributed by atoms with van der Waals surface area (Å²) in [6.45, 7) is 4.49. The van der Waals surface area contributed by atoms with Crippen LogP contribution in [0.3, 0.4) is 0 Å². The number of alkyl halides is 3. The molecular formula is C27H33F3N5O6S+. The number of pyridine rings is 1. The number of nitrogens with zero attached hydrogens (tertiary/aromatic N) is 3. The molecule has 0 bridgehead atoms. The van der Waals surface area contributed by atoms with Crippen molar-refractivity contribution in [2.45, 2.75) is 31.9 Å². The zero-order valence-corrected chi connectivity index (χ0v) is 24.2. The fourth-order valence-corrected chi connectivity index (χ4v) is 5.11. The Morgan fingerprint density at radius 2 is 1.71 bits per heavy atom. The Morgan fingerprint density at radius 3 is 2.31 bits per heavy atom. The van der Waals surface area contributed by atoms with Gasteiger partial charge < -0.3 is 19.9 Å². The summed E-state index contributed by atoms with van der Waals surface area (Å²) in [7, 11) is -3.64. The van der Waals surface area contributed by atoms with Crippen LogP contribution in [0.5, 0.6) is 0 Å². The van der Waals surface area contributed by atoms with Gasteiger partial charge in [-0.15, -0.1) is 0 Å². The maximum absolute atomic E-state index is 13.2. The largest absolute Gasteiger partial charge is 0.401 e. The van der Waals surface area contributed by atoms with E-state index in [1.807, 2.05) is 24.3 Å². The zero-order chi connectivity index (χ0) is 30.6. The van der Waals surface area contributed by atoms with Crippen molar-refractivity contribution in [3.8, 4) is 11.1 Å². The van der Waals surface area contributed by atoms with Gasteiger partial charge in [-0.25, -0.2) is 4.98 Å². The van der Waals surface area contributed by atoms with Gasteiger partial charge in [0.15, 0.2) is 11.6 Å². The highest BCUT2D eigenvalue weighted by Gasteiger charge is 2.51. The van der Waals surface area contributed by atoms with Gasteiger partial charge in [0.25, 0.3) is 0 Å². The Morgan fingerprint density at radius 1 is 1.05 bits per heavy atom. The summed E-state index contributed by atoms with van der Waals surface area (Å²) in [5, 5.41) is 9.20. The predicted octanol–water partition coefficient (Wildman–Crippen LogP) is 3.91. The molecule has 11 nitrogen and oxygen atoms in total. The molecule has 15 heteroatoms. The number of morpholine rings is 1. The number of hydrogen-bond donors (Lipinski definition) is 2. The molecule has 0 aliphatic carbocycles.